The van der Waals surface area contributed by atoms with Gasteiger partial charge in [0.15, 0.2) is 0 Å². The fourth-order valence-corrected chi connectivity index (χ4v) is 4.68. The molecule has 0 atom stereocenters. The summed E-state index contributed by atoms with van der Waals surface area (Å²) in [6.07, 6.45) is 0. The van der Waals surface area contributed by atoms with Crippen LogP contribution in [0.4, 0.5) is 0 Å². The fourth-order valence-electron chi connectivity index (χ4n) is 4.68. The maximum Gasteiger partial charge on any atom is 0.259 e. The number of aromatic nitrogens is 4. The number of nitrogens with zero attached hydrogens (tertiary/aromatic N) is 3. The van der Waals surface area contributed by atoms with Crippen LogP contribution < -0.4 is 5.56 Å². The molecule has 0 aliphatic carbocycles. The van der Waals surface area contributed by atoms with Gasteiger partial charge in [-0.1, -0.05) is 91.8 Å². The molecule has 51 heavy (non-hydrogen) atoms. The van der Waals surface area contributed by atoms with Crippen LogP contribution in [-0.4, -0.2) is 19.9 Å². The molecule has 2 aromatic heterocycles. The van der Waals surface area contributed by atoms with E-state index in [2.05, 4.69) is 79.7 Å². The molecule has 290 valence electrons. The zero-order valence-electron chi connectivity index (χ0n) is 36.7. The summed E-state index contributed by atoms with van der Waals surface area (Å²) >= 11 is 0. The van der Waals surface area contributed by atoms with Gasteiger partial charge in [0.05, 0.1) is 11.3 Å². The molecule has 8 heteroatoms. The molecular formula is C43H75IN4OY2-4. The van der Waals surface area contributed by atoms with E-state index >= 15 is 0 Å². The van der Waals surface area contributed by atoms with E-state index in [1.807, 2.05) is 101 Å². The zero-order valence-corrected chi connectivity index (χ0v) is 44.7. The summed E-state index contributed by atoms with van der Waals surface area (Å²) in [4.78, 5) is 28.1. The molecular weight excluding hydrogens is 893 g/mol. The molecule has 4 aromatic rings. The first-order valence-electron chi connectivity index (χ1n) is 16.9. The van der Waals surface area contributed by atoms with Crippen molar-refractivity contribution in [1.29, 1.82) is 0 Å². The smallest absolute Gasteiger partial charge is 0.259 e. The summed E-state index contributed by atoms with van der Waals surface area (Å²) in [6, 6.07) is 12.4. The topological polar surface area (TPSA) is 71.5 Å². The van der Waals surface area contributed by atoms with Crippen molar-refractivity contribution >= 4 is 24.0 Å². The molecule has 0 aliphatic rings. The molecule has 0 unspecified atom stereocenters. The van der Waals surface area contributed by atoms with E-state index in [0.717, 1.165) is 39.6 Å². The van der Waals surface area contributed by atoms with E-state index in [1.54, 1.807) is 20.8 Å². The Balaban J connectivity index is -0.0000000709. The predicted octanol–water partition coefficient (Wildman–Crippen LogP) is 13.7. The Morgan fingerprint density at radius 2 is 0.725 bits per heavy atom. The van der Waals surface area contributed by atoms with Gasteiger partial charge in [0.2, 0.25) is 0 Å². The Kier molecular flexibility index (Phi) is 61.5. The van der Waals surface area contributed by atoms with Crippen LogP contribution >= 0.6 is 24.0 Å². The zero-order chi connectivity index (χ0) is 37.2. The Labute approximate surface area is 385 Å². The summed E-state index contributed by atoms with van der Waals surface area (Å²) in [5.74, 6) is 1.50. The van der Waals surface area contributed by atoms with E-state index in [4.69, 9.17) is 0 Å². The second kappa shape index (κ2) is 43.7. The molecule has 0 amide bonds. The fraction of sp³-hybridized carbons (Fsp3) is 0.442. The van der Waals surface area contributed by atoms with Crippen molar-refractivity contribution in [2.75, 3.05) is 0 Å². The van der Waals surface area contributed by atoms with E-state index in [1.165, 1.54) is 22.3 Å². The Morgan fingerprint density at radius 3 is 1.00 bits per heavy atom. The largest absolute Gasteiger partial charge is 0.358 e. The molecule has 4 rings (SSSR count). The predicted molar refractivity (Wildman–Crippen MR) is 236 cm³/mol. The molecule has 0 bridgehead atoms. The molecule has 0 saturated heterocycles. The minimum absolute atomic E-state index is 0. The van der Waals surface area contributed by atoms with E-state index < -0.39 is 0 Å². The summed E-state index contributed by atoms with van der Waals surface area (Å²) < 4.78 is 0. The standard InChI is InChI=1S/C15H18N2.C14H16N2O.4C2H6.2C2H5.2CH3.HI.2Y/c1-9-7-6-8-10(2)14(9)15-11(3)16-13(5)17-12(15)4;1-8-6-5-7-9(2)12(8)13-10(3)15-11(4)16-14(13)17;6*1-2;;;;;/h6-8H,1-5H3;5-7H,1-4H3,(H,15,16,17);4*1-2H3;2*1H2,2H3;2*1H3;1H;;/q;;;;;;4*-1;;;. The Bertz CT molecular complexity index is 1370. The number of benzene rings is 2. The number of hydrogen-bond donors (Lipinski definition) is 1. The minimum Gasteiger partial charge on any atom is -0.358 e. The van der Waals surface area contributed by atoms with Gasteiger partial charge in [-0.3, -0.25) is 4.79 Å². The first kappa shape index (κ1) is 71.7. The number of halogens is 1. The first-order valence-corrected chi connectivity index (χ1v) is 16.9. The van der Waals surface area contributed by atoms with E-state index in [0.29, 0.717) is 11.4 Å². The summed E-state index contributed by atoms with van der Waals surface area (Å²) in [5, 5.41) is 0. The normalized spacial score (nSPS) is 7.78. The number of aromatic amines is 1. The van der Waals surface area contributed by atoms with Gasteiger partial charge >= 0.3 is 0 Å². The van der Waals surface area contributed by atoms with Crippen LogP contribution in [0.25, 0.3) is 22.3 Å². The van der Waals surface area contributed by atoms with Crippen molar-refractivity contribution in [2.24, 2.45) is 0 Å². The minimum atomic E-state index is -0.0626. The third kappa shape index (κ3) is 24.4. The Morgan fingerprint density at radius 1 is 0.471 bits per heavy atom. The molecule has 0 aliphatic heterocycles. The Hall–Kier alpha value is -0.662. The van der Waals surface area contributed by atoms with E-state index in [-0.39, 0.29) is 110 Å². The van der Waals surface area contributed by atoms with Gasteiger partial charge in [0, 0.05) is 82.4 Å². The van der Waals surface area contributed by atoms with Gasteiger partial charge in [-0.2, -0.15) is 13.8 Å². The van der Waals surface area contributed by atoms with Crippen molar-refractivity contribution < 1.29 is 65.4 Å². The van der Waals surface area contributed by atoms with Gasteiger partial charge in [-0.25, -0.2) is 15.0 Å². The van der Waals surface area contributed by atoms with Crippen LogP contribution in [0.15, 0.2) is 41.2 Å². The SMILES string of the molecule is CC.CC.CC.CC.Cc1nc(C)c(-c2c(C)cccc2C)c(=O)[nH]1.Cc1nc(C)c(-c2c(C)cccc2C)c(C)n1.I.[CH2-]C.[CH2-]C.[CH3-].[CH3-].[Y].[Y]. The number of hydrogen-bond acceptors (Lipinski definition) is 4. The summed E-state index contributed by atoms with van der Waals surface area (Å²) in [5.41, 5.74) is 11.8. The van der Waals surface area contributed by atoms with Gasteiger partial charge < -0.3 is 33.7 Å². The molecule has 2 heterocycles. The number of rotatable bonds is 2. The molecule has 0 spiro atoms. The van der Waals surface area contributed by atoms with Crippen LogP contribution in [0, 0.1) is 91.0 Å². The van der Waals surface area contributed by atoms with Crippen LogP contribution in [-0.2, 0) is 65.4 Å². The number of H-pyrrole nitrogens is 1. The van der Waals surface area contributed by atoms with Gasteiger partial charge in [-0.15, -0.1) is 24.0 Å². The first-order chi connectivity index (χ1) is 22.0. The molecule has 2 radical (unpaired) electrons. The summed E-state index contributed by atoms with van der Waals surface area (Å²) in [7, 11) is 0. The summed E-state index contributed by atoms with van der Waals surface area (Å²) in [6.45, 7) is 44.0. The number of aryl methyl sites for hydroxylation is 9. The monoisotopic (exact) mass is 968 g/mol. The maximum atomic E-state index is 12.1. The van der Waals surface area contributed by atoms with Crippen LogP contribution in [0.5, 0.6) is 0 Å². The quantitative estimate of drug-likeness (QED) is 0.160. The molecule has 5 nitrogen and oxygen atoms in total. The van der Waals surface area contributed by atoms with Crippen molar-refractivity contribution in [1.82, 2.24) is 19.9 Å². The van der Waals surface area contributed by atoms with Crippen molar-refractivity contribution in [3.63, 3.8) is 0 Å². The van der Waals surface area contributed by atoms with Crippen LogP contribution in [0.3, 0.4) is 0 Å². The number of nitrogens with one attached hydrogen (secondary N) is 1. The van der Waals surface area contributed by atoms with Crippen molar-refractivity contribution in [2.45, 2.75) is 132 Å². The average Bonchev–Trinajstić information content (AvgIpc) is 3.05. The second-order valence-corrected chi connectivity index (χ2v) is 8.96. The molecule has 0 saturated carbocycles. The van der Waals surface area contributed by atoms with Crippen LogP contribution in [0.2, 0.25) is 0 Å². The third-order valence-electron chi connectivity index (χ3n) is 6.06. The third-order valence-corrected chi connectivity index (χ3v) is 6.06. The van der Waals surface area contributed by atoms with Gasteiger partial charge in [-0.05, 0) is 95.7 Å². The van der Waals surface area contributed by atoms with Crippen molar-refractivity contribution in [3.8, 4) is 22.3 Å². The molecule has 1 N–H and O–H groups in total. The average molecular weight is 969 g/mol. The molecule has 0 fully saturated rings. The second-order valence-electron chi connectivity index (χ2n) is 8.96. The van der Waals surface area contributed by atoms with Gasteiger partial charge in [0.1, 0.15) is 11.6 Å². The maximum absolute atomic E-state index is 12.1. The molecule has 2 aromatic carbocycles. The van der Waals surface area contributed by atoms with Gasteiger partial charge in [0.25, 0.3) is 5.56 Å². The van der Waals surface area contributed by atoms with Crippen LogP contribution in [0.1, 0.15) is 120 Å². The van der Waals surface area contributed by atoms with Crippen molar-refractivity contribution in [3.05, 3.63) is 126 Å². The van der Waals surface area contributed by atoms with E-state index in [9.17, 15) is 4.79 Å².